The van der Waals surface area contributed by atoms with Gasteiger partial charge in [0.05, 0.1) is 35.5 Å². The number of anilines is 2. The fourth-order valence-electron chi connectivity index (χ4n) is 8.88. The maximum Gasteiger partial charge on any atom is 0.330 e. The van der Waals surface area contributed by atoms with Crippen molar-refractivity contribution >= 4 is 40.0 Å². The third-order valence-corrected chi connectivity index (χ3v) is 12.4. The van der Waals surface area contributed by atoms with Crippen LogP contribution < -0.4 is 26.6 Å². The lowest BCUT2D eigenvalue weighted by Crippen LogP contribution is -2.61. The number of amides is 2. The van der Waals surface area contributed by atoms with Crippen molar-refractivity contribution in [2.45, 2.75) is 51.1 Å². The van der Waals surface area contributed by atoms with Gasteiger partial charge in [-0.15, -0.1) is 0 Å². The Morgan fingerprint density at radius 3 is 2.48 bits per heavy atom. The zero-order valence-electron chi connectivity index (χ0n) is 32.7. The number of aromatic nitrogens is 4. The molecule has 3 aliphatic rings. The fraction of sp³-hybridized carbons (Fsp3) is 0.405. The molecule has 2 aromatic carbocycles. The van der Waals surface area contributed by atoms with Crippen LogP contribution >= 0.6 is 11.6 Å². The summed E-state index contributed by atoms with van der Waals surface area (Å²) in [5.74, 6) is 0.978. The fourth-order valence-corrected chi connectivity index (χ4v) is 9.21. The number of carbonyl (C=O) groups excluding carboxylic acids is 1. The minimum Gasteiger partial charge on any atom is -0.481 e. The van der Waals surface area contributed by atoms with Crippen LogP contribution in [0, 0.1) is 13.8 Å². The van der Waals surface area contributed by atoms with Gasteiger partial charge in [0, 0.05) is 81.5 Å². The van der Waals surface area contributed by atoms with E-state index in [1.54, 1.807) is 27.3 Å². The highest BCUT2D eigenvalue weighted by Gasteiger charge is 2.46. The highest BCUT2D eigenvalue weighted by Crippen LogP contribution is 2.47. The number of benzene rings is 2. The Labute approximate surface area is 330 Å². The van der Waals surface area contributed by atoms with Crippen molar-refractivity contribution in [1.29, 1.82) is 0 Å². The molecule has 3 aromatic heterocycles. The number of fused-ring (bicyclic) bond motifs is 2. The minimum absolute atomic E-state index is 0.0127. The van der Waals surface area contributed by atoms with Gasteiger partial charge >= 0.3 is 11.7 Å². The second-order valence-electron chi connectivity index (χ2n) is 15.3. The SMILES string of the molecule is COCCN1CC[C@]2(CCN([C@H]3CCc4cc(-c5cccc(-c6cccc(Nc7nc(C)cc8c7c(=O)n(C)c(=O)n8C)c6C)c5Cl)nc(OC)c43)C2)NC1=O. The summed E-state index contributed by atoms with van der Waals surface area (Å²) in [5.41, 5.74) is 7.39. The predicted molar refractivity (Wildman–Crippen MR) is 218 cm³/mol. The van der Waals surface area contributed by atoms with Gasteiger partial charge in [-0.1, -0.05) is 41.9 Å². The number of pyridine rings is 2. The Balaban J connectivity index is 1.08. The predicted octanol–water partition coefficient (Wildman–Crippen LogP) is 5.88. The average Bonchev–Trinajstić information content (AvgIpc) is 3.80. The molecule has 8 rings (SSSR count). The van der Waals surface area contributed by atoms with E-state index in [0.717, 1.165) is 89.1 Å². The van der Waals surface area contributed by atoms with Crippen molar-refractivity contribution in [3.8, 4) is 28.3 Å². The molecule has 14 heteroatoms. The second-order valence-corrected chi connectivity index (χ2v) is 15.7. The Morgan fingerprint density at radius 2 is 1.71 bits per heavy atom. The molecule has 56 heavy (non-hydrogen) atoms. The number of aryl methyl sites for hydroxylation is 3. The molecule has 1 spiro atoms. The Kier molecular flexibility index (Phi) is 9.88. The quantitative estimate of drug-likeness (QED) is 0.188. The minimum atomic E-state index is -0.418. The number of halogens is 1. The summed E-state index contributed by atoms with van der Waals surface area (Å²) < 4.78 is 13.8. The van der Waals surface area contributed by atoms with E-state index in [1.165, 1.54) is 17.2 Å². The summed E-state index contributed by atoms with van der Waals surface area (Å²) in [4.78, 5) is 53.1. The van der Waals surface area contributed by atoms with Gasteiger partial charge in [0.1, 0.15) is 11.2 Å². The smallest absolute Gasteiger partial charge is 0.330 e. The number of rotatable bonds is 9. The number of nitrogens with one attached hydrogen (secondary N) is 2. The molecular weight excluding hydrogens is 732 g/mol. The molecular formula is C42H47ClN8O5. The Hall–Kier alpha value is -5.24. The molecule has 2 saturated heterocycles. The lowest BCUT2D eigenvalue weighted by Gasteiger charge is -2.40. The van der Waals surface area contributed by atoms with Crippen molar-refractivity contribution in [3.63, 3.8) is 0 Å². The summed E-state index contributed by atoms with van der Waals surface area (Å²) in [7, 11) is 6.45. The molecule has 1 aliphatic carbocycles. The molecule has 2 atom stereocenters. The van der Waals surface area contributed by atoms with Gasteiger partial charge in [-0.3, -0.25) is 18.8 Å². The first kappa shape index (κ1) is 37.7. The second kappa shape index (κ2) is 14.7. The normalized spacial score (nSPS) is 19.5. The summed E-state index contributed by atoms with van der Waals surface area (Å²) >= 11 is 7.30. The van der Waals surface area contributed by atoms with Crippen molar-refractivity contribution in [2.75, 3.05) is 52.3 Å². The monoisotopic (exact) mass is 778 g/mol. The standard InChI is InChI=1S/C42H47ClN8O5/c1-24-21-33-35(39(52)49(4)41(54)48(33)3)37(44-24)45-30-12-8-9-27(25(30)2)28-10-7-11-29(36(28)43)31-22-26-13-14-32(34(26)38(46-31)56-6)51-18-16-42(23-51)15-17-50(19-20-55-5)40(53)47-42/h7-12,21-22,32H,13-20,23H2,1-6H3,(H,44,45)(H,47,53)/t32-,42+/m0/s1. The molecule has 13 nitrogen and oxygen atoms in total. The number of carbonyl (C=O) groups is 1. The van der Waals surface area contributed by atoms with E-state index >= 15 is 0 Å². The molecule has 292 valence electrons. The number of urea groups is 1. The van der Waals surface area contributed by atoms with Crippen molar-refractivity contribution in [3.05, 3.63) is 96.8 Å². The van der Waals surface area contributed by atoms with Gasteiger partial charge in [0.25, 0.3) is 5.56 Å². The van der Waals surface area contributed by atoms with E-state index in [0.29, 0.717) is 46.5 Å². The van der Waals surface area contributed by atoms with Crippen LogP contribution in [-0.2, 0) is 25.3 Å². The lowest BCUT2D eigenvalue weighted by atomic mass is 9.92. The molecule has 2 aliphatic heterocycles. The Bertz CT molecular complexity index is 2520. The zero-order valence-corrected chi connectivity index (χ0v) is 33.4. The molecule has 0 radical (unpaired) electrons. The zero-order chi connectivity index (χ0) is 39.5. The lowest BCUT2D eigenvalue weighted by molar-refractivity contribution is 0.114. The highest BCUT2D eigenvalue weighted by molar-refractivity contribution is 6.36. The molecule has 0 unspecified atom stereocenters. The number of nitrogens with zero attached hydrogens (tertiary/aromatic N) is 6. The summed E-state index contributed by atoms with van der Waals surface area (Å²) in [6, 6.07) is 15.9. The van der Waals surface area contributed by atoms with Crippen LogP contribution in [0.2, 0.25) is 5.02 Å². The molecule has 2 fully saturated rings. The largest absolute Gasteiger partial charge is 0.481 e. The number of ether oxygens (including phenoxy) is 2. The van der Waals surface area contributed by atoms with Crippen LogP contribution in [0.25, 0.3) is 33.3 Å². The molecule has 5 aromatic rings. The topological polar surface area (TPSA) is 136 Å². The van der Waals surface area contributed by atoms with Crippen LogP contribution in [-0.4, -0.2) is 87.5 Å². The van der Waals surface area contributed by atoms with Crippen LogP contribution in [0.5, 0.6) is 5.88 Å². The first-order valence-corrected chi connectivity index (χ1v) is 19.4. The summed E-state index contributed by atoms with van der Waals surface area (Å²) in [5, 5.41) is 7.65. The van der Waals surface area contributed by atoms with E-state index in [1.807, 2.05) is 55.1 Å². The van der Waals surface area contributed by atoms with E-state index in [2.05, 4.69) is 26.6 Å². The van der Waals surface area contributed by atoms with E-state index in [9.17, 15) is 14.4 Å². The van der Waals surface area contributed by atoms with Crippen LogP contribution in [0.3, 0.4) is 0 Å². The van der Waals surface area contributed by atoms with E-state index in [-0.39, 0.29) is 17.6 Å². The summed E-state index contributed by atoms with van der Waals surface area (Å²) in [6.45, 7) is 7.37. The summed E-state index contributed by atoms with van der Waals surface area (Å²) in [6.07, 6.45) is 3.64. The molecule has 5 heterocycles. The van der Waals surface area contributed by atoms with E-state index < -0.39 is 11.2 Å². The van der Waals surface area contributed by atoms with Gasteiger partial charge in [-0.25, -0.2) is 19.6 Å². The first-order chi connectivity index (χ1) is 26.9. The van der Waals surface area contributed by atoms with Gasteiger partial charge in [0.2, 0.25) is 5.88 Å². The number of hydrogen-bond donors (Lipinski definition) is 2. The van der Waals surface area contributed by atoms with Crippen molar-refractivity contribution in [2.24, 2.45) is 14.1 Å². The third-order valence-electron chi connectivity index (χ3n) is 12.0. The van der Waals surface area contributed by atoms with Crippen LogP contribution in [0.15, 0.2) is 58.1 Å². The first-order valence-electron chi connectivity index (χ1n) is 19.0. The maximum absolute atomic E-state index is 13.3. The van der Waals surface area contributed by atoms with Gasteiger partial charge in [0.15, 0.2) is 0 Å². The highest BCUT2D eigenvalue weighted by atomic mass is 35.5. The molecule has 0 bridgehead atoms. The number of likely N-dealkylation sites (tertiary alicyclic amines) is 1. The molecule has 2 amide bonds. The van der Waals surface area contributed by atoms with Gasteiger partial charge in [-0.2, -0.15) is 0 Å². The average molecular weight is 779 g/mol. The number of hydrogen-bond acceptors (Lipinski definition) is 9. The van der Waals surface area contributed by atoms with Crippen LogP contribution in [0.4, 0.5) is 16.3 Å². The van der Waals surface area contributed by atoms with Gasteiger partial charge in [-0.05, 0) is 74.4 Å². The van der Waals surface area contributed by atoms with Gasteiger partial charge < -0.3 is 25.0 Å². The van der Waals surface area contributed by atoms with Crippen molar-refractivity contribution in [1.82, 2.24) is 34.2 Å². The molecule has 0 saturated carbocycles. The van der Waals surface area contributed by atoms with E-state index in [4.69, 9.17) is 26.1 Å². The van der Waals surface area contributed by atoms with Crippen molar-refractivity contribution < 1.29 is 14.3 Å². The third kappa shape index (κ3) is 6.41. The molecule has 2 N–H and O–H groups in total. The maximum atomic E-state index is 13.3. The van der Waals surface area contributed by atoms with Crippen LogP contribution in [0.1, 0.15) is 47.7 Å². The number of methoxy groups -OCH3 is 2. The Morgan fingerprint density at radius 1 is 0.964 bits per heavy atom.